The predicted molar refractivity (Wildman–Crippen MR) is 172 cm³/mol. The number of non-ortho nitro benzene ring substituents is 1. The molecular weight excluding hydrogens is 596 g/mol. The van der Waals surface area contributed by atoms with Crippen molar-refractivity contribution in [2.75, 3.05) is 54.6 Å². The number of nitrogens with zero attached hydrogens (tertiary/aromatic N) is 3. The van der Waals surface area contributed by atoms with Gasteiger partial charge in [0.25, 0.3) is 5.69 Å². The molecule has 2 N–H and O–H groups in total. The Bertz CT molecular complexity index is 1460. The van der Waals surface area contributed by atoms with Gasteiger partial charge < -0.3 is 34.3 Å². The fourth-order valence-corrected chi connectivity index (χ4v) is 5.58. The molecule has 0 fully saturated rings. The van der Waals surface area contributed by atoms with Crippen molar-refractivity contribution in [3.05, 3.63) is 75.5 Å². The van der Waals surface area contributed by atoms with Gasteiger partial charge in [-0.15, -0.1) is 0 Å². The summed E-state index contributed by atoms with van der Waals surface area (Å²) in [6.07, 6.45) is -0.432. The molecule has 2 aromatic carbocycles. The Labute approximate surface area is 269 Å². The number of carbonyl (C=O) groups excluding carboxylic acids is 2. The summed E-state index contributed by atoms with van der Waals surface area (Å²) in [5.74, 6) is -2.01. The Hall–Kier alpha value is -4.33. The van der Waals surface area contributed by atoms with Gasteiger partial charge >= 0.3 is 11.9 Å². The van der Waals surface area contributed by atoms with E-state index in [0.717, 1.165) is 0 Å². The van der Waals surface area contributed by atoms with Gasteiger partial charge in [0.1, 0.15) is 18.6 Å². The van der Waals surface area contributed by atoms with Gasteiger partial charge in [-0.1, -0.05) is 24.3 Å². The molecule has 0 saturated heterocycles. The van der Waals surface area contributed by atoms with Gasteiger partial charge in [-0.2, -0.15) is 0 Å². The lowest BCUT2D eigenvalue weighted by Gasteiger charge is -2.34. The molecule has 13 heteroatoms. The van der Waals surface area contributed by atoms with E-state index in [2.05, 4.69) is 15.2 Å². The number of hydrogen-bond donors (Lipinski definition) is 2. The Morgan fingerprint density at radius 1 is 1.11 bits per heavy atom. The summed E-state index contributed by atoms with van der Waals surface area (Å²) >= 11 is 0. The molecule has 46 heavy (non-hydrogen) atoms. The smallest absolute Gasteiger partial charge is 0.336 e. The predicted octanol–water partition coefficient (Wildman–Crippen LogP) is 3.51. The quantitative estimate of drug-likeness (QED) is 0.157. The number of aliphatic imine (C=N–C) groups is 1. The van der Waals surface area contributed by atoms with Crippen LogP contribution in [0.4, 0.5) is 5.69 Å². The number of nitrogens with one attached hydrogen (secondary N) is 1. The number of nitro groups is 1. The third-order valence-corrected chi connectivity index (χ3v) is 7.73. The van der Waals surface area contributed by atoms with Crippen LogP contribution in [0.5, 0.6) is 11.5 Å². The van der Waals surface area contributed by atoms with Crippen molar-refractivity contribution in [1.82, 2.24) is 10.2 Å². The first-order valence-electron chi connectivity index (χ1n) is 14.9. The summed E-state index contributed by atoms with van der Waals surface area (Å²) in [5, 5.41) is 25.5. The topological polar surface area (TPSA) is 162 Å². The lowest BCUT2D eigenvalue weighted by Crippen LogP contribution is -2.51. The highest BCUT2D eigenvalue weighted by Crippen LogP contribution is 2.41. The molecule has 1 aliphatic heterocycles. The number of para-hydroxylation sites is 2. The molecule has 3 unspecified atom stereocenters. The number of aliphatic hydroxyl groups is 1. The molecular formula is C33H44N4O9. The number of rotatable bonds is 16. The van der Waals surface area contributed by atoms with Gasteiger partial charge in [-0.3, -0.25) is 19.9 Å². The first-order valence-corrected chi connectivity index (χ1v) is 14.9. The van der Waals surface area contributed by atoms with Gasteiger partial charge in [0, 0.05) is 55.4 Å². The highest BCUT2D eigenvalue weighted by molar-refractivity contribution is 6.07. The van der Waals surface area contributed by atoms with Crippen LogP contribution in [0.15, 0.2) is 64.8 Å². The lowest BCUT2D eigenvalue weighted by atomic mass is 9.75. The number of benzene rings is 2. The second kappa shape index (κ2) is 16.3. The molecule has 2 aromatic rings. The molecule has 250 valence electrons. The zero-order chi connectivity index (χ0) is 34.0. The van der Waals surface area contributed by atoms with Crippen LogP contribution in [0, 0.1) is 16.0 Å². The molecule has 0 aromatic heterocycles. The minimum Gasteiger partial charge on any atom is -0.493 e. The molecule has 1 heterocycles. The van der Waals surface area contributed by atoms with Crippen LogP contribution in [0.1, 0.15) is 38.7 Å². The number of esters is 2. The van der Waals surface area contributed by atoms with Gasteiger partial charge in [0.05, 0.1) is 37.5 Å². The average Bonchev–Trinajstić information content (AvgIpc) is 3.04. The Balaban J connectivity index is 1.74. The third kappa shape index (κ3) is 9.35. The van der Waals surface area contributed by atoms with Crippen molar-refractivity contribution in [3.8, 4) is 11.5 Å². The number of aliphatic hydroxyl groups excluding tert-OH is 1. The van der Waals surface area contributed by atoms with Crippen LogP contribution in [0.3, 0.4) is 0 Å². The normalized spacial score (nSPS) is 17.3. The maximum absolute atomic E-state index is 13.2. The van der Waals surface area contributed by atoms with Gasteiger partial charge in [-0.25, -0.2) is 4.79 Å². The molecule has 0 bridgehead atoms. The first-order chi connectivity index (χ1) is 21.8. The summed E-state index contributed by atoms with van der Waals surface area (Å²) in [6.45, 7) is 7.14. The maximum Gasteiger partial charge on any atom is 0.336 e. The van der Waals surface area contributed by atoms with E-state index < -0.39 is 40.3 Å². The molecule has 3 rings (SSSR count). The second-order valence-electron chi connectivity index (χ2n) is 11.8. The molecule has 0 saturated carbocycles. The molecule has 0 spiro atoms. The average molecular weight is 641 g/mol. The summed E-state index contributed by atoms with van der Waals surface area (Å²) in [5.41, 5.74) is 0.851. The van der Waals surface area contributed by atoms with E-state index in [0.29, 0.717) is 48.0 Å². The van der Waals surface area contributed by atoms with Gasteiger partial charge in [-0.05, 0) is 45.5 Å². The number of carbonyl (C=O) groups is 2. The van der Waals surface area contributed by atoms with Gasteiger partial charge in [0.2, 0.25) is 0 Å². The number of methoxy groups -OCH3 is 3. The van der Waals surface area contributed by atoms with Crippen molar-refractivity contribution < 1.29 is 38.6 Å². The number of ether oxygens (including phenoxy) is 4. The first kappa shape index (κ1) is 36.1. The monoisotopic (exact) mass is 640 g/mol. The van der Waals surface area contributed by atoms with E-state index in [1.54, 1.807) is 32.2 Å². The van der Waals surface area contributed by atoms with Crippen molar-refractivity contribution in [2.24, 2.45) is 10.9 Å². The van der Waals surface area contributed by atoms with Crippen LogP contribution < -0.4 is 14.8 Å². The van der Waals surface area contributed by atoms with Crippen molar-refractivity contribution in [3.63, 3.8) is 0 Å². The summed E-state index contributed by atoms with van der Waals surface area (Å²) in [7, 11) is 5.97. The number of hydrogen-bond acceptors (Lipinski definition) is 12. The molecule has 0 radical (unpaired) electrons. The second-order valence-corrected chi connectivity index (χ2v) is 11.8. The van der Waals surface area contributed by atoms with E-state index in [1.807, 2.05) is 33.0 Å². The maximum atomic E-state index is 13.2. The van der Waals surface area contributed by atoms with Crippen molar-refractivity contribution in [2.45, 2.75) is 44.8 Å². The fourth-order valence-electron chi connectivity index (χ4n) is 5.58. The van der Waals surface area contributed by atoms with E-state index >= 15 is 0 Å². The Morgan fingerprint density at radius 3 is 2.43 bits per heavy atom. The Kier molecular flexibility index (Phi) is 12.8. The third-order valence-electron chi connectivity index (χ3n) is 7.73. The lowest BCUT2D eigenvalue weighted by molar-refractivity contribution is -0.384. The van der Waals surface area contributed by atoms with Crippen molar-refractivity contribution >= 4 is 23.3 Å². The van der Waals surface area contributed by atoms with Crippen LogP contribution in [-0.2, 0) is 19.1 Å². The minimum atomic E-state index is -0.968. The molecule has 1 aliphatic rings. The SMILES string of the molecule is COC(=O)C1=C(CCN(C)CC(C)(C)NCC(O)COc2ccccc2OC)N=C(C)C(C(=O)OC)C1c1cccc([N+](=O)[O-])c1. The summed E-state index contributed by atoms with van der Waals surface area (Å²) in [4.78, 5) is 44.0. The fraction of sp³-hybridized carbons (Fsp3) is 0.485. The number of nitro benzene ring substituents is 1. The number of β-amino-alcohol motifs (C(OH)–C–C–N with tert-alkyl or cyclic N) is 1. The zero-order valence-electron chi connectivity index (χ0n) is 27.4. The van der Waals surface area contributed by atoms with E-state index in [9.17, 15) is 24.8 Å². The zero-order valence-corrected chi connectivity index (χ0v) is 27.4. The van der Waals surface area contributed by atoms with Crippen LogP contribution in [0.25, 0.3) is 0 Å². The van der Waals surface area contributed by atoms with E-state index in [4.69, 9.17) is 18.9 Å². The van der Waals surface area contributed by atoms with Crippen LogP contribution in [0.2, 0.25) is 0 Å². The van der Waals surface area contributed by atoms with E-state index in [-0.39, 0.29) is 24.4 Å². The molecule has 0 amide bonds. The minimum absolute atomic E-state index is 0.0828. The molecule has 3 atom stereocenters. The Morgan fingerprint density at radius 2 is 1.80 bits per heavy atom. The van der Waals surface area contributed by atoms with E-state index in [1.165, 1.54) is 32.4 Å². The highest BCUT2D eigenvalue weighted by atomic mass is 16.6. The largest absolute Gasteiger partial charge is 0.493 e. The summed E-state index contributed by atoms with van der Waals surface area (Å²) < 4.78 is 21.2. The number of likely N-dealkylation sites (N-methyl/N-ethyl adjacent to an activating group) is 1. The van der Waals surface area contributed by atoms with Gasteiger partial charge in [0.15, 0.2) is 11.5 Å². The van der Waals surface area contributed by atoms with Crippen LogP contribution in [-0.4, -0.2) is 98.8 Å². The summed E-state index contributed by atoms with van der Waals surface area (Å²) in [6, 6.07) is 13.1. The molecule has 0 aliphatic carbocycles. The standard InChI is InChI=1S/C33H44N4O9/c1-21-28(31(39)44-6)29(22-11-10-12-23(17-22)37(41)42)30(32(40)45-7)25(35-21)15-16-36(4)20-33(2,3)34-18-24(38)19-46-27-14-9-8-13-26(27)43-5/h8-14,17,24,28-29,34,38H,15-16,18-20H2,1-7H3. The molecule has 13 nitrogen and oxygen atoms in total. The van der Waals surface area contributed by atoms with Crippen molar-refractivity contribution in [1.29, 1.82) is 0 Å². The van der Waals surface area contributed by atoms with Crippen LogP contribution >= 0.6 is 0 Å². The highest BCUT2D eigenvalue weighted by Gasteiger charge is 2.43.